The summed E-state index contributed by atoms with van der Waals surface area (Å²) in [4.78, 5) is 42.9. The van der Waals surface area contributed by atoms with Gasteiger partial charge < -0.3 is 16.2 Å². The first kappa shape index (κ1) is 16.0. The van der Waals surface area contributed by atoms with Gasteiger partial charge in [-0.2, -0.15) is 0 Å². The van der Waals surface area contributed by atoms with Gasteiger partial charge in [0.15, 0.2) is 0 Å². The standard InChI is InChI=1S/C11H10FN3O6/c12-6-1-5(2-7(3-6)15(20)21)10(17)14-8(11(18)19)4-9(13)16/h1-3,8H,4H2,(H2,13,16)(H,14,17)(H,18,19)/t8-/m1/s1. The van der Waals surface area contributed by atoms with Crippen molar-refractivity contribution in [3.8, 4) is 0 Å². The van der Waals surface area contributed by atoms with Crippen molar-refractivity contribution in [2.75, 3.05) is 0 Å². The monoisotopic (exact) mass is 299 g/mol. The van der Waals surface area contributed by atoms with Gasteiger partial charge in [-0.1, -0.05) is 0 Å². The molecule has 0 saturated carbocycles. The first-order chi connectivity index (χ1) is 9.70. The van der Waals surface area contributed by atoms with Crippen LogP contribution in [0.25, 0.3) is 0 Å². The third-order valence-corrected chi connectivity index (χ3v) is 2.36. The van der Waals surface area contributed by atoms with Crippen molar-refractivity contribution >= 4 is 23.5 Å². The lowest BCUT2D eigenvalue weighted by Crippen LogP contribution is -2.43. The number of non-ortho nitro benzene ring substituents is 1. The van der Waals surface area contributed by atoms with Gasteiger partial charge in [-0.3, -0.25) is 19.7 Å². The zero-order chi connectivity index (χ0) is 16.2. The molecular weight excluding hydrogens is 289 g/mol. The topological polar surface area (TPSA) is 153 Å². The van der Waals surface area contributed by atoms with E-state index in [-0.39, 0.29) is 0 Å². The van der Waals surface area contributed by atoms with Crippen LogP contribution in [0.4, 0.5) is 10.1 Å². The molecule has 9 nitrogen and oxygen atoms in total. The van der Waals surface area contributed by atoms with Crippen molar-refractivity contribution in [3.63, 3.8) is 0 Å². The lowest BCUT2D eigenvalue weighted by molar-refractivity contribution is -0.385. The highest BCUT2D eigenvalue weighted by Gasteiger charge is 2.24. The van der Waals surface area contributed by atoms with E-state index in [4.69, 9.17) is 10.8 Å². The fourth-order valence-corrected chi connectivity index (χ4v) is 1.45. The molecule has 21 heavy (non-hydrogen) atoms. The summed E-state index contributed by atoms with van der Waals surface area (Å²) in [5.74, 6) is -4.59. The SMILES string of the molecule is NC(=O)C[C@@H](NC(=O)c1cc(F)cc([N+](=O)[O-])c1)C(=O)O. The number of rotatable bonds is 6. The molecule has 112 valence electrons. The molecule has 0 bridgehead atoms. The minimum Gasteiger partial charge on any atom is -0.480 e. The van der Waals surface area contributed by atoms with E-state index in [2.05, 4.69) is 0 Å². The molecule has 0 aliphatic carbocycles. The molecule has 0 radical (unpaired) electrons. The lowest BCUT2D eigenvalue weighted by Gasteiger charge is -2.12. The first-order valence-corrected chi connectivity index (χ1v) is 5.47. The fraction of sp³-hybridized carbons (Fsp3) is 0.182. The molecule has 1 rings (SSSR count). The smallest absolute Gasteiger partial charge is 0.326 e. The van der Waals surface area contributed by atoms with Crippen molar-refractivity contribution in [1.82, 2.24) is 5.32 Å². The van der Waals surface area contributed by atoms with Gasteiger partial charge in [0.05, 0.1) is 17.4 Å². The molecule has 0 unspecified atom stereocenters. The molecule has 1 aromatic carbocycles. The molecule has 0 spiro atoms. The van der Waals surface area contributed by atoms with Crippen LogP contribution in [0.5, 0.6) is 0 Å². The van der Waals surface area contributed by atoms with Gasteiger partial charge >= 0.3 is 5.97 Å². The number of nitrogens with zero attached hydrogens (tertiary/aromatic N) is 1. The van der Waals surface area contributed by atoms with Crippen molar-refractivity contribution in [2.45, 2.75) is 12.5 Å². The molecule has 0 fully saturated rings. The van der Waals surface area contributed by atoms with Gasteiger partial charge in [0, 0.05) is 11.6 Å². The predicted molar refractivity (Wildman–Crippen MR) is 65.8 cm³/mol. The summed E-state index contributed by atoms with van der Waals surface area (Å²) in [5, 5.41) is 21.3. The summed E-state index contributed by atoms with van der Waals surface area (Å²) in [6.07, 6.45) is -0.668. The molecule has 10 heteroatoms. The minimum absolute atomic E-state index is 0.447. The Morgan fingerprint density at radius 1 is 1.38 bits per heavy atom. The van der Waals surface area contributed by atoms with Crippen LogP contribution in [0.3, 0.4) is 0 Å². The van der Waals surface area contributed by atoms with Gasteiger partial charge in [0.25, 0.3) is 11.6 Å². The van der Waals surface area contributed by atoms with E-state index in [0.717, 1.165) is 6.07 Å². The number of amides is 2. The third-order valence-electron chi connectivity index (χ3n) is 2.36. The van der Waals surface area contributed by atoms with Crippen LogP contribution in [0.1, 0.15) is 16.8 Å². The number of carbonyl (C=O) groups is 3. The Balaban J connectivity index is 2.99. The molecule has 0 heterocycles. The number of benzene rings is 1. The largest absolute Gasteiger partial charge is 0.480 e. The molecule has 2 amide bonds. The van der Waals surface area contributed by atoms with E-state index in [1.165, 1.54) is 0 Å². The zero-order valence-corrected chi connectivity index (χ0v) is 10.4. The highest BCUT2D eigenvalue weighted by molar-refractivity contribution is 5.98. The van der Waals surface area contributed by atoms with E-state index in [9.17, 15) is 28.9 Å². The number of nitrogens with one attached hydrogen (secondary N) is 1. The number of hydrogen-bond donors (Lipinski definition) is 3. The summed E-state index contributed by atoms with van der Waals surface area (Å²) >= 11 is 0. The van der Waals surface area contributed by atoms with Gasteiger partial charge in [0.2, 0.25) is 5.91 Å². The van der Waals surface area contributed by atoms with E-state index < -0.39 is 52.2 Å². The number of halogens is 1. The van der Waals surface area contributed by atoms with Gasteiger partial charge in [-0.25, -0.2) is 9.18 Å². The minimum atomic E-state index is -1.61. The molecule has 1 atom stereocenters. The fourth-order valence-electron chi connectivity index (χ4n) is 1.45. The van der Waals surface area contributed by atoms with Crippen molar-refractivity contribution < 1.29 is 28.8 Å². The highest BCUT2D eigenvalue weighted by atomic mass is 19.1. The Bertz CT molecular complexity index is 618. The second kappa shape index (κ2) is 6.41. The van der Waals surface area contributed by atoms with Crippen LogP contribution in [-0.2, 0) is 9.59 Å². The van der Waals surface area contributed by atoms with Crippen LogP contribution in [0, 0.1) is 15.9 Å². The summed E-state index contributed by atoms with van der Waals surface area (Å²) in [5.41, 5.74) is 3.72. The summed E-state index contributed by atoms with van der Waals surface area (Å²) < 4.78 is 13.2. The normalized spacial score (nSPS) is 11.5. The number of hydrogen-bond acceptors (Lipinski definition) is 5. The van der Waals surface area contributed by atoms with E-state index in [1.54, 1.807) is 0 Å². The number of carbonyl (C=O) groups excluding carboxylic acids is 2. The Labute approximate surface area is 116 Å². The molecule has 1 aromatic rings. The van der Waals surface area contributed by atoms with E-state index in [1.807, 2.05) is 5.32 Å². The molecule has 0 saturated heterocycles. The number of carboxylic acid groups (broad SMARTS) is 1. The lowest BCUT2D eigenvalue weighted by atomic mass is 10.1. The molecule has 4 N–H and O–H groups in total. The zero-order valence-electron chi connectivity index (χ0n) is 10.4. The second-order valence-electron chi connectivity index (χ2n) is 3.99. The Hall–Kier alpha value is -3.04. The maximum Gasteiger partial charge on any atom is 0.326 e. The van der Waals surface area contributed by atoms with Crippen LogP contribution in [0.2, 0.25) is 0 Å². The number of nitro benzene ring substituents is 1. The number of carboxylic acids is 1. The summed E-state index contributed by atoms with van der Waals surface area (Å²) in [6.45, 7) is 0. The van der Waals surface area contributed by atoms with Crippen molar-refractivity contribution in [3.05, 3.63) is 39.7 Å². The maximum absolute atomic E-state index is 13.2. The van der Waals surface area contributed by atoms with E-state index >= 15 is 0 Å². The molecule has 0 aliphatic heterocycles. The summed E-state index contributed by atoms with van der Waals surface area (Å²) in [6, 6.07) is 0.472. The maximum atomic E-state index is 13.2. The van der Waals surface area contributed by atoms with E-state index in [0.29, 0.717) is 12.1 Å². The number of nitro groups is 1. The number of primary amides is 1. The summed E-state index contributed by atoms with van der Waals surface area (Å²) in [7, 11) is 0. The number of aliphatic carboxylic acids is 1. The Morgan fingerprint density at radius 2 is 2.00 bits per heavy atom. The average Bonchev–Trinajstić information content (AvgIpc) is 2.36. The second-order valence-corrected chi connectivity index (χ2v) is 3.99. The van der Waals surface area contributed by atoms with Crippen LogP contribution < -0.4 is 11.1 Å². The Kier molecular flexibility index (Phi) is 4.89. The van der Waals surface area contributed by atoms with Gasteiger partial charge in [-0.05, 0) is 6.07 Å². The van der Waals surface area contributed by atoms with Crippen molar-refractivity contribution in [1.29, 1.82) is 0 Å². The quantitative estimate of drug-likeness (QED) is 0.488. The first-order valence-electron chi connectivity index (χ1n) is 5.47. The van der Waals surface area contributed by atoms with Gasteiger partial charge in [0.1, 0.15) is 11.9 Å². The predicted octanol–water partition coefficient (Wildman–Crippen LogP) is -0.208. The average molecular weight is 299 g/mol. The Morgan fingerprint density at radius 3 is 2.48 bits per heavy atom. The van der Waals surface area contributed by atoms with Gasteiger partial charge in [-0.15, -0.1) is 0 Å². The third kappa shape index (κ3) is 4.53. The molecule has 0 aliphatic rings. The van der Waals surface area contributed by atoms with Crippen LogP contribution >= 0.6 is 0 Å². The molecule has 0 aromatic heterocycles. The highest BCUT2D eigenvalue weighted by Crippen LogP contribution is 2.16. The van der Waals surface area contributed by atoms with Crippen molar-refractivity contribution in [2.24, 2.45) is 5.73 Å². The van der Waals surface area contributed by atoms with Crippen LogP contribution in [0.15, 0.2) is 18.2 Å². The van der Waals surface area contributed by atoms with Crippen LogP contribution in [-0.4, -0.2) is 33.9 Å². The molecular formula is C11H10FN3O6. The number of nitrogens with two attached hydrogens (primary N) is 1.